The minimum absolute atomic E-state index is 0.0136. The fourth-order valence-corrected chi connectivity index (χ4v) is 2.48. The van der Waals surface area contributed by atoms with Crippen molar-refractivity contribution in [2.24, 2.45) is 5.92 Å². The molecule has 0 spiro atoms. The van der Waals surface area contributed by atoms with E-state index in [1.54, 1.807) is 0 Å². The fourth-order valence-electron chi connectivity index (χ4n) is 2.48. The largest absolute Gasteiger partial charge is 0.394 e. The fraction of sp³-hybridized carbons (Fsp3) is 1.00. The predicted octanol–water partition coefficient (Wildman–Crippen LogP) is 3.12. The van der Waals surface area contributed by atoms with Gasteiger partial charge in [0, 0.05) is 6.42 Å². The van der Waals surface area contributed by atoms with E-state index in [1.807, 2.05) is 0 Å². The lowest BCUT2D eigenvalue weighted by atomic mass is 9.91. The molecule has 0 fully saturated rings. The molecule has 0 heterocycles. The van der Waals surface area contributed by atoms with Gasteiger partial charge in [0.05, 0.1) is 33.0 Å². The topological polar surface area (TPSA) is 68.2 Å². The van der Waals surface area contributed by atoms with Crippen LogP contribution in [0.1, 0.15) is 65.7 Å². The molecule has 0 radical (unpaired) electrons. The van der Waals surface area contributed by atoms with Gasteiger partial charge >= 0.3 is 0 Å². The van der Waals surface area contributed by atoms with Crippen LogP contribution in [0.15, 0.2) is 0 Å². The van der Waals surface area contributed by atoms with Gasteiger partial charge in [0.1, 0.15) is 6.61 Å². The van der Waals surface area contributed by atoms with Crippen LogP contribution in [0.3, 0.4) is 0 Å². The number of rotatable bonds is 17. The zero-order valence-electron chi connectivity index (χ0n) is 15.4. The SMILES string of the molecule is CCCCOC(O)(COCCOCCO)CC(CC)CCCC. The van der Waals surface area contributed by atoms with Crippen molar-refractivity contribution in [3.05, 3.63) is 0 Å². The maximum atomic E-state index is 10.8. The molecule has 2 N–H and O–H groups in total. The molecule has 0 saturated carbocycles. The molecule has 0 aliphatic rings. The van der Waals surface area contributed by atoms with Gasteiger partial charge in [-0.15, -0.1) is 0 Å². The van der Waals surface area contributed by atoms with Crippen LogP contribution in [0.2, 0.25) is 0 Å². The Hall–Kier alpha value is -0.200. The number of hydrogen-bond acceptors (Lipinski definition) is 5. The summed E-state index contributed by atoms with van der Waals surface area (Å²) in [6, 6.07) is 0. The first-order valence-corrected chi connectivity index (χ1v) is 9.24. The number of unbranched alkanes of at least 4 members (excludes halogenated alkanes) is 2. The van der Waals surface area contributed by atoms with Crippen LogP contribution in [0.4, 0.5) is 0 Å². The Balaban J connectivity index is 4.30. The number of aliphatic hydroxyl groups excluding tert-OH is 1. The van der Waals surface area contributed by atoms with Gasteiger partial charge in [0.2, 0.25) is 0 Å². The molecule has 5 nitrogen and oxygen atoms in total. The molecule has 0 aromatic carbocycles. The summed E-state index contributed by atoms with van der Waals surface area (Å²) in [6.07, 6.45) is 7.10. The molecule has 0 rings (SSSR count). The Bertz CT molecular complexity index is 250. The van der Waals surface area contributed by atoms with E-state index in [2.05, 4.69) is 20.8 Å². The standard InChI is InChI=1S/C18H38O5/c1-4-7-9-17(6-3)15-18(20,23-11-8-5-2)16-22-14-13-21-12-10-19/h17,19-20H,4-16H2,1-3H3. The summed E-state index contributed by atoms with van der Waals surface area (Å²) in [4.78, 5) is 0. The van der Waals surface area contributed by atoms with Crippen LogP contribution in [-0.4, -0.2) is 55.6 Å². The van der Waals surface area contributed by atoms with Crippen molar-refractivity contribution in [3.8, 4) is 0 Å². The molecule has 5 heteroatoms. The van der Waals surface area contributed by atoms with Crippen molar-refractivity contribution in [1.29, 1.82) is 0 Å². The second kappa shape index (κ2) is 15.3. The third-order valence-electron chi connectivity index (χ3n) is 3.95. The van der Waals surface area contributed by atoms with Gasteiger partial charge in [-0.1, -0.05) is 52.9 Å². The molecular formula is C18H38O5. The van der Waals surface area contributed by atoms with Crippen LogP contribution < -0.4 is 0 Å². The molecule has 23 heavy (non-hydrogen) atoms. The highest BCUT2D eigenvalue weighted by Crippen LogP contribution is 2.26. The van der Waals surface area contributed by atoms with Crippen LogP contribution in [0.5, 0.6) is 0 Å². The van der Waals surface area contributed by atoms with Crippen LogP contribution >= 0.6 is 0 Å². The maximum absolute atomic E-state index is 10.8. The molecule has 0 saturated heterocycles. The van der Waals surface area contributed by atoms with Gasteiger partial charge in [0.15, 0.2) is 5.79 Å². The average Bonchev–Trinajstić information content (AvgIpc) is 2.55. The zero-order valence-corrected chi connectivity index (χ0v) is 15.4. The second-order valence-electron chi connectivity index (χ2n) is 6.16. The summed E-state index contributed by atoms with van der Waals surface area (Å²) in [5, 5.41) is 19.5. The highest BCUT2D eigenvalue weighted by molar-refractivity contribution is 4.73. The molecule has 0 aliphatic carbocycles. The van der Waals surface area contributed by atoms with Crippen molar-refractivity contribution < 1.29 is 24.4 Å². The van der Waals surface area contributed by atoms with Gasteiger partial charge in [-0.3, -0.25) is 0 Å². The van der Waals surface area contributed by atoms with Crippen molar-refractivity contribution in [1.82, 2.24) is 0 Å². The van der Waals surface area contributed by atoms with E-state index in [-0.39, 0.29) is 13.2 Å². The smallest absolute Gasteiger partial charge is 0.189 e. The van der Waals surface area contributed by atoms with E-state index in [9.17, 15) is 5.11 Å². The van der Waals surface area contributed by atoms with E-state index in [1.165, 1.54) is 12.8 Å². The number of aliphatic hydroxyl groups is 2. The van der Waals surface area contributed by atoms with Crippen molar-refractivity contribution in [3.63, 3.8) is 0 Å². The number of hydrogen-bond donors (Lipinski definition) is 2. The lowest BCUT2D eigenvalue weighted by molar-refractivity contribution is -0.243. The zero-order chi connectivity index (χ0) is 17.4. The Morgan fingerprint density at radius 1 is 0.913 bits per heavy atom. The monoisotopic (exact) mass is 334 g/mol. The molecule has 140 valence electrons. The van der Waals surface area contributed by atoms with Gasteiger partial charge in [-0.25, -0.2) is 0 Å². The lowest BCUT2D eigenvalue weighted by Gasteiger charge is -2.31. The third kappa shape index (κ3) is 12.8. The van der Waals surface area contributed by atoms with Gasteiger partial charge in [-0.2, -0.15) is 0 Å². The van der Waals surface area contributed by atoms with E-state index >= 15 is 0 Å². The van der Waals surface area contributed by atoms with E-state index < -0.39 is 5.79 Å². The van der Waals surface area contributed by atoms with E-state index in [4.69, 9.17) is 19.3 Å². The highest BCUT2D eigenvalue weighted by Gasteiger charge is 2.31. The number of ether oxygens (including phenoxy) is 3. The van der Waals surface area contributed by atoms with Crippen LogP contribution in [-0.2, 0) is 14.2 Å². The predicted molar refractivity (Wildman–Crippen MR) is 92.5 cm³/mol. The van der Waals surface area contributed by atoms with Gasteiger partial charge in [0.25, 0.3) is 0 Å². The highest BCUT2D eigenvalue weighted by atomic mass is 16.6. The molecular weight excluding hydrogens is 296 g/mol. The van der Waals surface area contributed by atoms with Crippen molar-refractivity contribution in [2.75, 3.05) is 39.6 Å². The molecule has 0 amide bonds. The minimum Gasteiger partial charge on any atom is -0.394 e. The summed E-state index contributed by atoms with van der Waals surface area (Å²) in [7, 11) is 0. The third-order valence-corrected chi connectivity index (χ3v) is 3.95. The summed E-state index contributed by atoms with van der Waals surface area (Å²) in [5.74, 6) is -0.753. The van der Waals surface area contributed by atoms with E-state index in [0.717, 1.165) is 25.7 Å². The van der Waals surface area contributed by atoms with Crippen LogP contribution in [0, 0.1) is 5.92 Å². The normalized spacial score (nSPS) is 15.5. The molecule has 2 atom stereocenters. The lowest BCUT2D eigenvalue weighted by Crippen LogP contribution is -2.40. The summed E-state index contributed by atoms with van der Waals surface area (Å²) < 4.78 is 16.5. The first-order valence-electron chi connectivity index (χ1n) is 9.24. The first kappa shape index (κ1) is 22.8. The molecule has 0 aromatic heterocycles. The Labute approximate surface area is 142 Å². The minimum atomic E-state index is -1.21. The van der Waals surface area contributed by atoms with Crippen LogP contribution in [0.25, 0.3) is 0 Å². The maximum Gasteiger partial charge on any atom is 0.189 e. The summed E-state index contributed by atoms with van der Waals surface area (Å²) in [5.41, 5.74) is 0. The van der Waals surface area contributed by atoms with Gasteiger partial charge < -0.3 is 24.4 Å². The van der Waals surface area contributed by atoms with Crippen molar-refractivity contribution in [2.45, 2.75) is 71.5 Å². The molecule has 2 unspecified atom stereocenters. The quantitative estimate of drug-likeness (QED) is 0.316. The second-order valence-corrected chi connectivity index (χ2v) is 6.16. The molecule has 0 aliphatic heterocycles. The van der Waals surface area contributed by atoms with Crippen molar-refractivity contribution >= 4 is 0 Å². The Kier molecular flexibility index (Phi) is 15.2. The average molecular weight is 334 g/mol. The molecule has 0 bridgehead atoms. The van der Waals surface area contributed by atoms with Gasteiger partial charge in [-0.05, 0) is 12.3 Å². The summed E-state index contributed by atoms with van der Waals surface area (Å²) >= 11 is 0. The molecule has 0 aromatic rings. The summed E-state index contributed by atoms with van der Waals surface area (Å²) in [6.45, 7) is 8.32. The Morgan fingerprint density at radius 3 is 2.22 bits per heavy atom. The first-order chi connectivity index (χ1) is 11.1. The van der Waals surface area contributed by atoms with E-state index in [0.29, 0.717) is 38.8 Å². The Morgan fingerprint density at radius 2 is 1.61 bits per heavy atom.